The van der Waals surface area contributed by atoms with Crippen LogP contribution in [0, 0.1) is 0 Å². The molecule has 0 spiro atoms. The van der Waals surface area contributed by atoms with Gasteiger partial charge >= 0.3 is 12.4 Å². The quantitative estimate of drug-likeness (QED) is 0.625. The standard InChI is InChI=1S/C14H18O5/c1-3-18-12(15)14(8-9-14)10-4-6-11(7-5-10)19-13(16)17-2/h4-7,13,16H,3,8-9H2,1-2H3. The third-order valence-electron chi connectivity index (χ3n) is 3.26. The van der Waals surface area contributed by atoms with Gasteiger partial charge < -0.3 is 19.3 Å². The Balaban J connectivity index is 2.08. The van der Waals surface area contributed by atoms with Crippen LogP contribution in [-0.2, 0) is 19.7 Å². The van der Waals surface area contributed by atoms with Crippen LogP contribution in [0.3, 0.4) is 0 Å². The smallest absolute Gasteiger partial charge is 0.316 e. The van der Waals surface area contributed by atoms with Crippen LogP contribution in [0.15, 0.2) is 24.3 Å². The van der Waals surface area contributed by atoms with Crippen molar-refractivity contribution in [2.45, 2.75) is 31.7 Å². The van der Waals surface area contributed by atoms with E-state index in [1.54, 1.807) is 19.1 Å². The molecular formula is C14H18O5. The number of carbonyl (C=O) groups excluding carboxylic acids is 1. The zero-order chi connectivity index (χ0) is 13.9. The van der Waals surface area contributed by atoms with Crippen LogP contribution in [0.2, 0.25) is 0 Å². The molecule has 1 atom stereocenters. The molecule has 2 rings (SSSR count). The van der Waals surface area contributed by atoms with Crippen molar-refractivity contribution in [1.82, 2.24) is 0 Å². The Morgan fingerprint density at radius 1 is 1.37 bits per heavy atom. The summed E-state index contributed by atoms with van der Waals surface area (Å²) < 4.78 is 14.8. The number of ether oxygens (including phenoxy) is 3. The SMILES string of the molecule is CCOC(=O)C1(c2ccc(OC(O)OC)cc2)CC1. The van der Waals surface area contributed by atoms with Crippen molar-refractivity contribution in [3.8, 4) is 5.75 Å². The van der Waals surface area contributed by atoms with Gasteiger partial charge in [0.2, 0.25) is 0 Å². The highest BCUT2D eigenvalue weighted by atomic mass is 16.8. The second kappa shape index (κ2) is 5.59. The molecule has 0 aliphatic heterocycles. The molecule has 5 heteroatoms. The Labute approximate surface area is 112 Å². The van der Waals surface area contributed by atoms with Crippen molar-refractivity contribution < 1.29 is 24.1 Å². The Kier molecular flexibility index (Phi) is 4.07. The van der Waals surface area contributed by atoms with Crippen molar-refractivity contribution in [3.05, 3.63) is 29.8 Å². The maximum Gasteiger partial charge on any atom is 0.316 e. The fourth-order valence-electron chi connectivity index (χ4n) is 2.02. The van der Waals surface area contributed by atoms with E-state index in [-0.39, 0.29) is 5.97 Å². The average Bonchev–Trinajstić information content (AvgIpc) is 3.21. The van der Waals surface area contributed by atoms with Gasteiger partial charge in [0, 0.05) is 7.11 Å². The molecular weight excluding hydrogens is 248 g/mol. The van der Waals surface area contributed by atoms with Crippen LogP contribution in [0.25, 0.3) is 0 Å². The Bertz CT molecular complexity index is 436. The number of methoxy groups -OCH3 is 1. The first kappa shape index (κ1) is 13.8. The lowest BCUT2D eigenvalue weighted by Crippen LogP contribution is -2.23. The molecule has 1 N–H and O–H groups in total. The molecule has 0 amide bonds. The number of benzene rings is 1. The fourth-order valence-corrected chi connectivity index (χ4v) is 2.02. The third-order valence-corrected chi connectivity index (χ3v) is 3.26. The number of hydrogen-bond acceptors (Lipinski definition) is 5. The molecule has 0 saturated heterocycles. The van der Waals surface area contributed by atoms with Gasteiger partial charge in [0.1, 0.15) is 5.75 Å². The van der Waals surface area contributed by atoms with Crippen LogP contribution in [0.5, 0.6) is 5.75 Å². The Hall–Kier alpha value is -1.59. The highest BCUT2D eigenvalue weighted by molar-refractivity contribution is 5.86. The lowest BCUT2D eigenvalue weighted by molar-refractivity contribution is -0.200. The molecule has 0 radical (unpaired) electrons. The van der Waals surface area contributed by atoms with E-state index < -0.39 is 11.9 Å². The largest absolute Gasteiger partial charge is 0.465 e. The zero-order valence-corrected chi connectivity index (χ0v) is 11.1. The molecule has 1 unspecified atom stereocenters. The predicted molar refractivity (Wildman–Crippen MR) is 67.6 cm³/mol. The molecule has 1 aromatic carbocycles. The molecule has 1 aliphatic rings. The number of aliphatic hydroxyl groups is 1. The average molecular weight is 266 g/mol. The minimum absolute atomic E-state index is 0.166. The summed E-state index contributed by atoms with van der Waals surface area (Å²) in [5.74, 6) is 0.318. The van der Waals surface area contributed by atoms with Gasteiger partial charge in [0.25, 0.3) is 0 Å². The molecule has 0 heterocycles. The Morgan fingerprint density at radius 2 is 2.00 bits per heavy atom. The van der Waals surface area contributed by atoms with E-state index in [0.717, 1.165) is 18.4 Å². The van der Waals surface area contributed by atoms with Gasteiger partial charge in [-0.15, -0.1) is 0 Å². The fraction of sp³-hybridized carbons (Fsp3) is 0.500. The highest BCUT2D eigenvalue weighted by Gasteiger charge is 2.52. The van der Waals surface area contributed by atoms with Crippen molar-refractivity contribution >= 4 is 5.97 Å². The van der Waals surface area contributed by atoms with Crippen LogP contribution < -0.4 is 4.74 Å². The van der Waals surface area contributed by atoms with Gasteiger partial charge in [-0.25, -0.2) is 0 Å². The predicted octanol–water partition coefficient (Wildman–Crippen LogP) is 1.58. The van der Waals surface area contributed by atoms with E-state index in [4.69, 9.17) is 9.47 Å². The second-order valence-electron chi connectivity index (χ2n) is 4.49. The Morgan fingerprint density at radius 3 is 2.47 bits per heavy atom. The molecule has 19 heavy (non-hydrogen) atoms. The molecule has 104 valence electrons. The van der Waals surface area contributed by atoms with Crippen molar-refractivity contribution in [3.63, 3.8) is 0 Å². The second-order valence-corrected chi connectivity index (χ2v) is 4.49. The van der Waals surface area contributed by atoms with Gasteiger partial charge in [0.05, 0.1) is 12.0 Å². The van der Waals surface area contributed by atoms with Gasteiger partial charge in [-0.3, -0.25) is 4.79 Å². The number of rotatable bonds is 6. The van der Waals surface area contributed by atoms with E-state index in [1.165, 1.54) is 7.11 Å². The lowest BCUT2D eigenvalue weighted by atomic mass is 9.96. The van der Waals surface area contributed by atoms with Crippen LogP contribution in [-0.4, -0.2) is 31.3 Å². The van der Waals surface area contributed by atoms with Crippen LogP contribution >= 0.6 is 0 Å². The van der Waals surface area contributed by atoms with Crippen LogP contribution in [0.4, 0.5) is 0 Å². The monoisotopic (exact) mass is 266 g/mol. The van der Waals surface area contributed by atoms with E-state index >= 15 is 0 Å². The summed E-state index contributed by atoms with van der Waals surface area (Å²) in [6.45, 7) is 0.907. The van der Waals surface area contributed by atoms with Gasteiger partial charge in [-0.05, 0) is 37.5 Å². The molecule has 1 aliphatic carbocycles. The first-order valence-corrected chi connectivity index (χ1v) is 6.27. The zero-order valence-electron chi connectivity index (χ0n) is 11.1. The summed E-state index contributed by atoms with van der Waals surface area (Å²) in [6.07, 6.45) is 1.62. The minimum atomic E-state index is -1.29. The highest BCUT2D eigenvalue weighted by Crippen LogP contribution is 2.49. The molecule has 5 nitrogen and oxygen atoms in total. The van der Waals surface area contributed by atoms with Crippen molar-refractivity contribution in [2.24, 2.45) is 0 Å². The van der Waals surface area contributed by atoms with Crippen molar-refractivity contribution in [2.75, 3.05) is 13.7 Å². The van der Waals surface area contributed by atoms with Gasteiger partial charge in [0.15, 0.2) is 0 Å². The molecule has 0 bridgehead atoms. The van der Waals surface area contributed by atoms with E-state index in [9.17, 15) is 9.90 Å². The maximum atomic E-state index is 11.9. The number of hydrogen-bond donors (Lipinski definition) is 1. The van der Waals surface area contributed by atoms with E-state index in [2.05, 4.69) is 4.74 Å². The number of carbonyl (C=O) groups is 1. The molecule has 1 fully saturated rings. The summed E-state index contributed by atoms with van der Waals surface area (Å²) in [5, 5.41) is 9.19. The topological polar surface area (TPSA) is 65.0 Å². The summed E-state index contributed by atoms with van der Waals surface area (Å²) in [7, 11) is 1.35. The van der Waals surface area contributed by atoms with E-state index in [1.807, 2.05) is 12.1 Å². The minimum Gasteiger partial charge on any atom is -0.465 e. The maximum absolute atomic E-state index is 11.9. The van der Waals surface area contributed by atoms with E-state index in [0.29, 0.717) is 12.4 Å². The summed E-state index contributed by atoms with van der Waals surface area (Å²) in [6, 6.07) is 7.05. The number of esters is 1. The third kappa shape index (κ3) is 2.88. The molecule has 1 aromatic rings. The summed E-state index contributed by atoms with van der Waals surface area (Å²) in [5.41, 5.74) is 0.444. The van der Waals surface area contributed by atoms with Crippen LogP contribution in [0.1, 0.15) is 25.3 Å². The van der Waals surface area contributed by atoms with Gasteiger partial charge in [-0.1, -0.05) is 12.1 Å². The normalized spacial score (nSPS) is 17.6. The number of aliphatic hydroxyl groups excluding tert-OH is 1. The molecule has 0 aromatic heterocycles. The molecule has 1 saturated carbocycles. The van der Waals surface area contributed by atoms with Gasteiger partial charge in [-0.2, -0.15) is 0 Å². The first-order valence-electron chi connectivity index (χ1n) is 6.27. The summed E-state index contributed by atoms with van der Waals surface area (Å²) >= 11 is 0. The van der Waals surface area contributed by atoms with Crippen molar-refractivity contribution in [1.29, 1.82) is 0 Å². The lowest BCUT2D eigenvalue weighted by Gasteiger charge is -2.15. The first-order chi connectivity index (χ1) is 9.12. The summed E-state index contributed by atoms with van der Waals surface area (Å²) in [4.78, 5) is 11.9.